The molecule has 0 unspecified atom stereocenters. The molecule has 6 heteroatoms. The quantitative estimate of drug-likeness (QED) is 0.599. The van der Waals surface area contributed by atoms with Gasteiger partial charge in [0.25, 0.3) is 5.91 Å². The van der Waals surface area contributed by atoms with Crippen molar-refractivity contribution in [3.63, 3.8) is 0 Å². The molecule has 0 aliphatic carbocycles. The average molecular weight is 322 g/mol. The summed E-state index contributed by atoms with van der Waals surface area (Å²) in [6, 6.07) is 7.03. The molecule has 1 amide bonds. The first kappa shape index (κ1) is 21.3. The van der Waals surface area contributed by atoms with E-state index in [1.807, 2.05) is 0 Å². The molecule has 0 atom stereocenters. The number of benzene rings is 1. The summed E-state index contributed by atoms with van der Waals surface area (Å²) in [5.41, 5.74) is 6.88. The Labute approximate surface area is 133 Å². The molecule has 3 N–H and O–H groups in total. The van der Waals surface area contributed by atoms with Gasteiger partial charge in [0.05, 0.1) is 0 Å². The number of amides is 1. The number of nitrogen functional groups attached to an aromatic ring is 1. The fourth-order valence-electron chi connectivity index (χ4n) is 1.83. The summed E-state index contributed by atoms with van der Waals surface area (Å²) in [6.07, 6.45) is 0.968. The maximum absolute atomic E-state index is 11.8. The number of anilines is 1. The van der Waals surface area contributed by atoms with E-state index in [-0.39, 0.29) is 30.7 Å². The van der Waals surface area contributed by atoms with Crippen LogP contribution in [-0.2, 0) is 0 Å². The van der Waals surface area contributed by atoms with Crippen molar-refractivity contribution in [1.29, 1.82) is 0 Å². The van der Waals surface area contributed by atoms with Crippen LogP contribution in [0.2, 0.25) is 0 Å². The largest absolute Gasteiger partial charge is 0.399 e. The number of rotatable bonds is 7. The van der Waals surface area contributed by atoms with Crippen LogP contribution in [0.4, 0.5) is 5.69 Å². The molecule has 0 aliphatic rings. The minimum atomic E-state index is -0.0538. The first-order valence-corrected chi connectivity index (χ1v) is 6.53. The number of nitrogens with two attached hydrogens (primary N) is 1. The van der Waals surface area contributed by atoms with E-state index in [1.165, 1.54) is 0 Å². The van der Waals surface area contributed by atoms with Gasteiger partial charge in [-0.1, -0.05) is 19.9 Å². The Kier molecular flexibility index (Phi) is 12.6. The Morgan fingerprint density at radius 3 is 2.45 bits per heavy atom. The van der Waals surface area contributed by atoms with Crippen LogP contribution in [0.25, 0.3) is 0 Å². The zero-order valence-corrected chi connectivity index (χ0v) is 13.7. The third-order valence-corrected chi connectivity index (χ3v) is 2.98. The van der Waals surface area contributed by atoms with Crippen LogP contribution in [0.5, 0.6) is 0 Å². The van der Waals surface area contributed by atoms with E-state index >= 15 is 0 Å². The number of nitrogens with zero attached hydrogens (tertiary/aromatic N) is 1. The van der Waals surface area contributed by atoms with E-state index in [4.69, 9.17) is 5.73 Å². The van der Waals surface area contributed by atoms with Crippen LogP contribution in [0.3, 0.4) is 0 Å². The third-order valence-electron chi connectivity index (χ3n) is 2.98. The Morgan fingerprint density at radius 2 is 1.90 bits per heavy atom. The molecule has 4 nitrogen and oxygen atoms in total. The van der Waals surface area contributed by atoms with Crippen LogP contribution in [0.1, 0.15) is 30.6 Å². The zero-order chi connectivity index (χ0) is 13.4. The van der Waals surface area contributed by atoms with E-state index in [0.29, 0.717) is 17.8 Å². The van der Waals surface area contributed by atoms with E-state index in [1.54, 1.807) is 24.3 Å². The predicted molar refractivity (Wildman–Crippen MR) is 90.1 cm³/mol. The van der Waals surface area contributed by atoms with E-state index in [0.717, 1.165) is 26.1 Å². The van der Waals surface area contributed by atoms with Crippen molar-refractivity contribution in [3.05, 3.63) is 29.8 Å². The molecule has 20 heavy (non-hydrogen) atoms. The SMILES string of the molecule is CCN(CC)CCCNC(=O)c1cccc(N)c1.Cl.Cl. The molecule has 1 aromatic rings. The van der Waals surface area contributed by atoms with Gasteiger partial charge in [0.15, 0.2) is 0 Å². The van der Waals surface area contributed by atoms with Gasteiger partial charge in [-0.3, -0.25) is 4.79 Å². The van der Waals surface area contributed by atoms with Crippen molar-refractivity contribution < 1.29 is 4.79 Å². The second-order valence-corrected chi connectivity index (χ2v) is 4.26. The maximum atomic E-state index is 11.8. The van der Waals surface area contributed by atoms with E-state index < -0.39 is 0 Å². The molecule has 0 bridgehead atoms. The van der Waals surface area contributed by atoms with Gasteiger partial charge < -0.3 is 16.0 Å². The molecule has 0 radical (unpaired) electrons. The van der Waals surface area contributed by atoms with Gasteiger partial charge in [0.2, 0.25) is 0 Å². The number of carbonyl (C=O) groups excluding carboxylic acids is 1. The highest BCUT2D eigenvalue weighted by Gasteiger charge is 2.05. The molecule has 0 fully saturated rings. The van der Waals surface area contributed by atoms with Crippen molar-refractivity contribution in [1.82, 2.24) is 10.2 Å². The molecule has 0 heterocycles. The Bertz CT molecular complexity index is 384. The van der Waals surface area contributed by atoms with Crippen molar-refractivity contribution in [2.24, 2.45) is 0 Å². The summed E-state index contributed by atoms with van der Waals surface area (Å²) < 4.78 is 0. The normalized spacial score (nSPS) is 9.55. The van der Waals surface area contributed by atoms with Crippen LogP contribution in [0.15, 0.2) is 24.3 Å². The van der Waals surface area contributed by atoms with Gasteiger partial charge in [-0.15, -0.1) is 24.8 Å². The smallest absolute Gasteiger partial charge is 0.251 e. The van der Waals surface area contributed by atoms with Crippen molar-refractivity contribution >= 4 is 36.4 Å². The first-order valence-electron chi connectivity index (χ1n) is 6.53. The predicted octanol–water partition coefficient (Wildman–Crippen LogP) is 2.57. The van der Waals surface area contributed by atoms with Gasteiger partial charge in [-0.05, 0) is 44.3 Å². The van der Waals surface area contributed by atoms with Gasteiger partial charge in [-0.2, -0.15) is 0 Å². The number of nitrogens with one attached hydrogen (secondary N) is 1. The minimum Gasteiger partial charge on any atom is -0.399 e. The topological polar surface area (TPSA) is 58.4 Å². The number of halogens is 2. The van der Waals surface area contributed by atoms with Crippen LogP contribution >= 0.6 is 24.8 Å². The summed E-state index contributed by atoms with van der Waals surface area (Å²) in [7, 11) is 0. The molecule has 1 aromatic carbocycles. The van der Waals surface area contributed by atoms with Crippen LogP contribution in [0, 0.1) is 0 Å². The summed E-state index contributed by atoms with van der Waals surface area (Å²) in [6.45, 7) is 8.12. The zero-order valence-electron chi connectivity index (χ0n) is 12.1. The van der Waals surface area contributed by atoms with Crippen LogP contribution < -0.4 is 11.1 Å². The monoisotopic (exact) mass is 321 g/mol. The third kappa shape index (κ3) is 7.58. The molecule has 0 aromatic heterocycles. The minimum absolute atomic E-state index is 0. The maximum Gasteiger partial charge on any atom is 0.251 e. The van der Waals surface area contributed by atoms with Gasteiger partial charge in [-0.25, -0.2) is 0 Å². The Hall–Kier alpha value is -0.970. The van der Waals surface area contributed by atoms with Crippen molar-refractivity contribution in [3.8, 4) is 0 Å². The van der Waals surface area contributed by atoms with Crippen molar-refractivity contribution in [2.45, 2.75) is 20.3 Å². The standard InChI is InChI=1S/C14H23N3O.2ClH/c1-3-17(4-2)10-6-9-16-14(18)12-7-5-8-13(15)11-12;;/h5,7-8,11H,3-4,6,9-10,15H2,1-2H3,(H,16,18);2*1H. The molecule has 0 saturated carbocycles. The van der Waals surface area contributed by atoms with Gasteiger partial charge in [0, 0.05) is 17.8 Å². The van der Waals surface area contributed by atoms with E-state index in [2.05, 4.69) is 24.1 Å². The first-order chi connectivity index (χ1) is 8.67. The second kappa shape index (κ2) is 11.8. The van der Waals surface area contributed by atoms with Crippen LogP contribution in [-0.4, -0.2) is 37.0 Å². The van der Waals surface area contributed by atoms with Crippen molar-refractivity contribution in [2.75, 3.05) is 31.9 Å². The molecular weight excluding hydrogens is 297 g/mol. The Balaban J connectivity index is 0. The number of hydrogen-bond acceptors (Lipinski definition) is 3. The molecule has 0 saturated heterocycles. The summed E-state index contributed by atoms with van der Waals surface area (Å²) in [4.78, 5) is 14.1. The average Bonchev–Trinajstić information content (AvgIpc) is 2.38. The lowest BCUT2D eigenvalue weighted by molar-refractivity contribution is 0.0952. The summed E-state index contributed by atoms with van der Waals surface area (Å²) in [5, 5.41) is 2.91. The lowest BCUT2D eigenvalue weighted by Gasteiger charge is -2.17. The second-order valence-electron chi connectivity index (χ2n) is 4.26. The van der Waals surface area contributed by atoms with Gasteiger partial charge in [0.1, 0.15) is 0 Å². The fourth-order valence-corrected chi connectivity index (χ4v) is 1.83. The molecular formula is C14H25Cl2N3O. The van der Waals surface area contributed by atoms with E-state index in [9.17, 15) is 4.79 Å². The highest BCUT2D eigenvalue weighted by Crippen LogP contribution is 2.06. The fraction of sp³-hybridized carbons (Fsp3) is 0.500. The Morgan fingerprint density at radius 1 is 1.25 bits per heavy atom. The summed E-state index contributed by atoms with van der Waals surface area (Å²) in [5.74, 6) is -0.0538. The van der Waals surface area contributed by atoms with Gasteiger partial charge >= 0.3 is 0 Å². The molecule has 0 spiro atoms. The lowest BCUT2D eigenvalue weighted by Crippen LogP contribution is -2.29. The highest BCUT2D eigenvalue weighted by molar-refractivity contribution is 5.94. The lowest BCUT2D eigenvalue weighted by atomic mass is 10.2. The highest BCUT2D eigenvalue weighted by atomic mass is 35.5. The molecule has 0 aliphatic heterocycles. The number of carbonyl (C=O) groups is 1. The molecule has 1 rings (SSSR count). The molecule has 116 valence electrons. The number of hydrogen-bond donors (Lipinski definition) is 2. The summed E-state index contributed by atoms with van der Waals surface area (Å²) >= 11 is 0.